The number of rotatable bonds is 7. The molecule has 31 heavy (non-hydrogen) atoms. The lowest BCUT2D eigenvalue weighted by atomic mass is 10.2. The second kappa shape index (κ2) is 9.70. The monoisotopic (exact) mass is 493 g/mol. The number of amides is 1. The second-order valence-corrected chi connectivity index (χ2v) is 11.0. The third-order valence-corrected chi connectivity index (χ3v) is 8.99. The van der Waals surface area contributed by atoms with Gasteiger partial charge in [-0.15, -0.1) is 23.1 Å². The normalized spacial score (nSPS) is 14.6. The lowest BCUT2D eigenvalue weighted by Gasteiger charge is -2.17. The number of carbonyl (C=O) groups excluding carboxylic acids is 1. The van der Waals surface area contributed by atoms with Crippen LogP contribution >= 0.6 is 34.7 Å². The molecule has 6 nitrogen and oxygen atoms in total. The second-order valence-electron chi connectivity index (χ2n) is 6.98. The topological polar surface area (TPSA) is 79.4 Å². The van der Waals surface area contributed by atoms with Crippen molar-refractivity contribution >= 4 is 56.3 Å². The van der Waals surface area contributed by atoms with Crippen LogP contribution in [0, 0.1) is 0 Å². The maximum atomic E-state index is 13.0. The number of halogens is 1. The Morgan fingerprint density at radius 2 is 1.97 bits per heavy atom. The number of anilines is 1. The van der Waals surface area contributed by atoms with Gasteiger partial charge in [-0.05, 0) is 43.2 Å². The van der Waals surface area contributed by atoms with Gasteiger partial charge >= 0.3 is 0 Å². The molecule has 162 valence electrons. The highest BCUT2D eigenvalue weighted by Gasteiger charge is 2.29. The van der Waals surface area contributed by atoms with E-state index in [-0.39, 0.29) is 15.8 Å². The van der Waals surface area contributed by atoms with E-state index in [1.54, 1.807) is 23.7 Å². The molecule has 3 aromatic rings. The number of hydrogen-bond acceptors (Lipinski definition) is 6. The van der Waals surface area contributed by atoms with Crippen LogP contribution in [0.2, 0.25) is 5.02 Å². The van der Waals surface area contributed by atoms with Gasteiger partial charge in [-0.25, -0.2) is 13.4 Å². The van der Waals surface area contributed by atoms with Gasteiger partial charge in [0.1, 0.15) is 4.90 Å². The minimum Gasteiger partial charge on any atom is -0.322 e. The van der Waals surface area contributed by atoms with Gasteiger partial charge < -0.3 is 5.32 Å². The van der Waals surface area contributed by atoms with Crippen LogP contribution in [-0.2, 0) is 15.8 Å². The van der Waals surface area contributed by atoms with Crippen LogP contribution in [0.1, 0.15) is 28.9 Å². The van der Waals surface area contributed by atoms with E-state index < -0.39 is 10.0 Å². The molecule has 1 fully saturated rings. The molecule has 1 aromatic heterocycles. The highest BCUT2D eigenvalue weighted by Crippen LogP contribution is 2.31. The smallest absolute Gasteiger partial charge is 0.256 e. The molecule has 0 atom stereocenters. The number of thiazole rings is 1. The number of aromatic nitrogens is 1. The van der Waals surface area contributed by atoms with E-state index in [1.807, 2.05) is 17.5 Å². The molecule has 0 aliphatic carbocycles. The van der Waals surface area contributed by atoms with Gasteiger partial charge in [-0.2, -0.15) is 4.31 Å². The molecule has 2 aromatic carbocycles. The fourth-order valence-electron chi connectivity index (χ4n) is 3.29. The zero-order valence-electron chi connectivity index (χ0n) is 16.5. The third-order valence-electron chi connectivity index (χ3n) is 4.86. The number of thioether (sulfide) groups is 1. The van der Waals surface area contributed by atoms with Crippen molar-refractivity contribution in [2.75, 3.05) is 18.4 Å². The lowest BCUT2D eigenvalue weighted by molar-refractivity contribution is 0.102. The first-order valence-electron chi connectivity index (χ1n) is 9.65. The van der Waals surface area contributed by atoms with Crippen molar-refractivity contribution in [3.63, 3.8) is 0 Å². The van der Waals surface area contributed by atoms with E-state index in [4.69, 9.17) is 11.6 Å². The number of benzene rings is 2. The van der Waals surface area contributed by atoms with Gasteiger partial charge in [-0.1, -0.05) is 23.7 Å². The van der Waals surface area contributed by atoms with Gasteiger partial charge in [0.25, 0.3) is 5.91 Å². The lowest BCUT2D eigenvalue weighted by Crippen LogP contribution is -2.28. The van der Waals surface area contributed by atoms with Crippen molar-refractivity contribution in [1.82, 2.24) is 9.29 Å². The molecule has 0 bridgehead atoms. The van der Waals surface area contributed by atoms with Crippen molar-refractivity contribution in [2.24, 2.45) is 0 Å². The molecular formula is C21H20ClN3O3S3. The predicted octanol–water partition coefficient (Wildman–Crippen LogP) is 5.13. The Morgan fingerprint density at radius 1 is 1.19 bits per heavy atom. The number of nitrogens with one attached hydrogen (secondary N) is 1. The standard InChI is InChI=1S/C21H20ClN3O3S3/c22-18-8-7-15(11-20(18)31(27,28)25-9-3-4-10-25)24-21(26)17-5-1-2-6-19(17)30-13-16-12-29-14-23-16/h1-2,5-8,11-12,14H,3-4,9-10,13H2,(H,24,26). The number of sulfonamides is 1. The quantitative estimate of drug-likeness (QED) is 0.462. The summed E-state index contributed by atoms with van der Waals surface area (Å²) in [6.07, 6.45) is 1.67. The highest BCUT2D eigenvalue weighted by molar-refractivity contribution is 7.98. The fraction of sp³-hybridized carbons (Fsp3) is 0.238. The first-order chi connectivity index (χ1) is 14.9. The summed E-state index contributed by atoms with van der Waals surface area (Å²) in [5, 5.41) is 4.94. The Balaban J connectivity index is 1.54. The zero-order chi connectivity index (χ0) is 21.8. The van der Waals surface area contributed by atoms with E-state index in [2.05, 4.69) is 10.3 Å². The Hall–Kier alpha value is -1.91. The molecule has 1 aliphatic rings. The molecule has 0 saturated carbocycles. The van der Waals surface area contributed by atoms with Crippen LogP contribution in [0.25, 0.3) is 0 Å². The molecule has 10 heteroatoms. The summed E-state index contributed by atoms with van der Waals surface area (Å²) in [5.74, 6) is 0.348. The van der Waals surface area contributed by atoms with Gasteiger partial charge in [0.05, 0.1) is 21.8 Å². The van der Waals surface area contributed by atoms with Gasteiger partial charge in [0, 0.05) is 34.8 Å². The number of nitrogens with zero attached hydrogens (tertiary/aromatic N) is 2. The molecule has 1 amide bonds. The molecule has 2 heterocycles. The Morgan fingerprint density at radius 3 is 2.71 bits per heavy atom. The summed E-state index contributed by atoms with van der Waals surface area (Å²) in [6.45, 7) is 0.970. The van der Waals surface area contributed by atoms with Gasteiger partial charge in [0.2, 0.25) is 10.0 Å². The van der Waals surface area contributed by atoms with E-state index in [0.717, 1.165) is 23.4 Å². The minimum absolute atomic E-state index is 0.0139. The Kier molecular flexibility index (Phi) is 6.98. The fourth-order valence-corrected chi connectivity index (χ4v) is 6.92. The van der Waals surface area contributed by atoms with Gasteiger partial charge in [-0.3, -0.25) is 4.79 Å². The largest absolute Gasteiger partial charge is 0.322 e. The first-order valence-corrected chi connectivity index (χ1v) is 13.4. The molecule has 1 saturated heterocycles. The number of hydrogen-bond donors (Lipinski definition) is 1. The molecule has 1 N–H and O–H groups in total. The van der Waals surface area contributed by atoms with Crippen LogP contribution in [0.4, 0.5) is 5.69 Å². The van der Waals surface area contributed by atoms with Crippen LogP contribution < -0.4 is 5.32 Å². The van der Waals surface area contributed by atoms with Crippen LogP contribution in [0.3, 0.4) is 0 Å². The summed E-state index contributed by atoms with van der Waals surface area (Å²) in [5.41, 5.74) is 3.64. The molecule has 0 radical (unpaired) electrons. The van der Waals surface area contributed by atoms with Crippen molar-refractivity contribution in [3.8, 4) is 0 Å². The van der Waals surface area contributed by atoms with Gasteiger partial charge in [0.15, 0.2) is 0 Å². The predicted molar refractivity (Wildman–Crippen MR) is 126 cm³/mol. The Bertz CT molecular complexity index is 1180. The highest BCUT2D eigenvalue weighted by atomic mass is 35.5. The number of carbonyl (C=O) groups is 1. The first kappa shape index (κ1) is 22.3. The van der Waals surface area contributed by atoms with Crippen molar-refractivity contribution in [1.29, 1.82) is 0 Å². The van der Waals surface area contributed by atoms with Crippen LogP contribution in [0.15, 0.2) is 63.1 Å². The van der Waals surface area contributed by atoms with E-state index in [1.165, 1.54) is 39.5 Å². The van der Waals surface area contributed by atoms with E-state index >= 15 is 0 Å². The maximum absolute atomic E-state index is 13.0. The van der Waals surface area contributed by atoms with Crippen LogP contribution in [0.5, 0.6) is 0 Å². The molecular weight excluding hydrogens is 474 g/mol. The summed E-state index contributed by atoms with van der Waals surface area (Å²) >= 11 is 9.26. The molecule has 0 unspecified atom stereocenters. The molecule has 1 aliphatic heterocycles. The van der Waals surface area contributed by atoms with Crippen molar-refractivity contribution in [3.05, 3.63) is 69.6 Å². The van der Waals surface area contributed by atoms with Crippen LogP contribution in [-0.4, -0.2) is 36.7 Å². The summed E-state index contributed by atoms with van der Waals surface area (Å²) in [4.78, 5) is 18.1. The molecule has 0 spiro atoms. The SMILES string of the molecule is O=C(Nc1ccc(Cl)c(S(=O)(=O)N2CCCC2)c1)c1ccccc1SCc1cscn1. The zero-order valence-corrected chi connectivity index (χ0v) is 19.7. The average Bonchev–Trinajstić information content (AvgIpc) is 3.48. The summed E-state index contributed by atoms with van der Waals surface area (Å²) in [7, 11) is -3.69. The average molecular weight is 494 g/mol. The van der Waals surface area contributed by atoms with Crippen molar-refractivity contribution < 1.29 is 13.2 Å². The van der Waals surface area contributed by atoms with E-state index in [9.17, 15) is 13.2 Å². The molecule has 4 rings (SSSR count). The third kappa shape index (κ3) is 5.12. The summed E-state index contributed by atoms with van der Waals surface area (Å²) in [6, 6.07) is 11.8. The van der Waals surface area contributed by atoms with E-state index in [0.29, 0.717) is 30.1 Å². The maximum Gasteiger partial charge on any atom is 0.256 e. The van der Waals surface area contributed by atoms with Crippen molar-refractivity contribution in [2.45, 2.75) is 28.4 Å². The Labute approximate surface area is 194 Å². The summed E-state index contributed by atoms with van der Waals surface area (Å²) < 4.78 is 27.3. The minimum atomic E-state index is -3.69.